The van der Waals surface area contributed by atoms with E-state index in [0.717, 1.165) is 11.1 Å². The number of allylic oxidation sites excluding steroid dienone is 1. The van der Waals surface area contributed by atoms with Crippen LogP contribution < -0.4 is 11.1 Å². The lowest BCUT2D eigenvalue weighted by molar-refractivity contribution is -0.115. The summed E-state index contributed by atoms with van der Waals surface area (Å²) in [6.45, 7) is 3.85. The summed E-state index contributed by atoms with van der Waals surface area (Å²) in [5.74, 6) is 0.671. The third-order valence-electron chi connectivity index (χ3n) is 4.45. The van der Waals surface area contributed by atoms with E-state index in [1.54, 1.807) is 17.1 Å². The summed E-state index contributed by atoms with van der Waals surface area (Å²) in [4.78, 5) is 20.8. The second kappa shape index (κ2) is 6.11. The number of anilines is 1. The molecule has 1 unspecified atom stereocenters. The smallest absolute Gasteiger partial charge is 0.248 e. The molecule has 130 valence electrons. The first-order chi connectivity index (χ1) is 12.5. The summed E-state index contributed by atoms with van der Waals surface area (Å²) in [6.07, 6.45) is 3.37. The Morgan fingerprint density at radius 1 is 1.12 bits per heavy atom. The van der Waals surface area contributed by atoms with Gasteiger partial charge in [0.1, 0.15) is 6.04 Å². The highest BCUT2D eigenvalue weighted by Crippen LogP contribution is 2.35. The number of amides is 1. The molecule has 3 N–H and O–H groups in total. The Morgan fingerprint density at radius 3 is 2.46 bits per heavy atom. The number of aromatic nitrogens is 4. The lowest BCUT2D eigenvalue weighted by Gasteiger charge is -2.27. The molecule has 3 aromatic rings. The summed E-state index contributed by atoms with van der Waals surface area (Å²) in [6, 6.07) is 11.2. The van der Waals surface area contributed by atoms with E-state index >= 15 is 0 Å². The number of benzene rings is 1. The third-order valence-corrected chi connectivity index (χ3v) is 4.45. The number of nitrogens with two attached hydrogens (primary N) is 1. The molecular formula is C19H18N6O. The molecule has 1 atom stereocenters. The van der Waals surface area contributed by atoms with Crippen LogP contribution in [0.5, 0.6) is 0 Å². The molecule has 0 radical (unpaired) electrons. The number of primary amides is 1. The number of nitrogens with zero attached hydrogens (tertiary/aromatic N) is 4. The van der Waals surface area contributed by atoms with Crippen molar-refractivity contribution in [3.05, 3.63) is 71.2 Å². The summed E-state index contributed by atoms with van der Waals surface area (Å²) in [7, 11) is 0. The maximum absolute atomic E-state index is 12.1. The molecule has 2 aromatic heterocycles. The van der Waals surface area contributed by atoms with Crippen molar-refractivity contribution in [1.82, 2.24) is 19.7 Å². The van der Waals surface area contributed by atoms with Crippen LogP contribution in [0.3, 0.4) is 0 Å². The largest absolute Gasteiger partial charge is 0.366 e. The molecule has 1 aliphatic rings. The van der Waals surface area contributed by atoms with Crippen LogP contribution in [0.25, 0.3) is 11.4 Å². The van der Waals surface area contributed by atoms with E-state index in [9.17, 15) is 4.79 Å². The third kappa shape index (κ3) is 2.63. The number of rotatable bonds is 3. The van der Waals surface area contributed by atoms with Crippen molar-refractivity contribution in [2.24, 2.45) is 5.73 Å². The zero-order valence-corrected chi connectivity index (χ0v) is 14.5. The Balaban J connectivity index is 1.87. The van der Waals surface area contributed by atoms with Gasteiger partial charge in [0.15, 0.2) is 5.82 Å². The van der Waals surface area contributed by atoms with Gasteiger partial charge in [-0.25, -0.2) is 4.68 Å². The van der Waals surface area contributed by atoms with E-state index in [-0.39, 0.29) is 0 Å². The summed E-state index contributed by atoms with van der Waals surface area (Å²) >= 11 is 0. The first-order valence-corrected chi connectivity index (χ1v) is 8.25. The number of carbonyl (C=O) groups is 1. The molecule has 7 heteroatoms. The van der Waals surface area contributed by atoms with Crippen LogP contribution in [0.15, 0.2) is 60.1 Å². The van der Waals surface area contributed by atoms with E-state index in [2.05, 4.69) is 20.4 Å². The van der Waals surface area contributed by atoms with Crippen LogP contribution in [0, 0.1) is 6.92 Å². The predicted molar refractivity (Wildman–Crippen MR) is 98.1 cm³/mol. The molecule has 1 aliphatic heterocycles. The molecule has 3 heterocycles. The van der Waals surface area contributed by atoms with Crippen molar-refractivity contribution in [2.45, 2.75) is 19.9 Å². The number of nitrogens with one attached hydrogen (secondary N) is 1. The van der Waals surface area contributed by atoms with Gasteiger partial charge in [0.05, 0.1) is 5.57 Å². The molecule has 0 saturated heterocycles. The van der Waals surface area contributed by atoms with E-state index in [4.69, 9.17) is 5.73 Å². The molecule has 1 amide bonds. The van der Waals surface area contributed by atoms with Crippen LogP contribution >= 0.6 is 0 Å². The molecule has 26 heavy (non-hydrogen) atoms. The average Bonchev–Trinajstić information content (AvgIpc) is 3.05. The number of hydrogen-bond donors (Lipinski definition) is 2. The molecule has 0 bridgehead atoms. The molecule has 4 rings (SSSR count). The minimum atomic E-state index is -0.491. The highest BCUT2D eigenvalue weighted by Gasteiger charge is 2.33. The lowest BCUT2D eigenvalue weighted by atomic mass is 9.96. The second-order valence-electron chi connectivity index (χ2n) is 6.28. The van der Waals surface area contributed by atoms with Gasteiger partial charge in [0.25, 0.3) is 0 Å². The molecule has 1 aromatic carbocycles. The van der Waals surface area contributed by atoms with Gasteiger partial charge >= 0.3 is 0 Å². The van der Waals surface area contributed by atoms with Crippen molar-refractivity contribution >= 4 is 11.9 Å². The standard InChI is InChI=1S/C19H18N6O/c1-11-3-5-14(6-4-11)18-23-19-22-12(2)15(17(20)26)16(25(19)24-18)13-7-9-21-10-8-13/h3-10,16H,1-2H3,(H2,20,26)(H,22,23,24). The maximum atomic E-state index is 12.1. The van der Waals surface area contributed by atoms with E-state index in [1.165, 1.54) is 5.56 Å². The van der Waals surface area contributed by atoms with Crippen LogP contribution in [0.4, 0.5) is 5.95 Å². The Bertz CT molecular complexity index is 1000. The highest BCUT2D eigenvalue weighted by molar-refractivity contribution is 5.95. The molecular weight excluding hydrogens is 328 g/mol. The topological polar surface area (TPSA) is 98.7 Å². The number of fused-ring (bicyclic) bond motifs is 1. The first-order valence-electron chi connectivity index (χ1n) is 8.25. The van der Waals surface area contributed by atoms with Gasteiger partial charge in [-0.2, -0.15) is 4.98 Å². The number of aryl methyl sites for hydroxylation is 1. The van der Waals surface area contributed by atoms with Crippen molar-refractivity contribution < 1.29 is 4.79 Å². The summed E-state index contributed by atoms with van der Waals surface area (Å²) in [5.41, 5.74) is 9.75. The fourth-order valence-electron chi connectivity index (χ4n) is 3.15. The fraction of sp³-hybridized carbons (Fsp3) is 0.158. The van der Waals surface area contributed by atoms with Gasteiger partial charge in [-0.3, -0.25) is 9.78 Å². The van der Waals surface area contributed by atoms with E-state index in [1.807, 2.05) is 50.2 Å². The minimum Gasteiger partial charge on any atom is -0.366 e. The van der Waals surface area contributed by atoms with E-state index < -0.39 is 11.9 Å². The predicted octanol–water partition coefficient (Wildman–Crippen LogP) is 2.42. The molecule has 0 saturated carbocycles. The van der Waals surface area contributed by atoms with Gasteiger partial charge in [0.2, 0.25) is 11.9 Å². The SMILES string of the molecule is CC1=C(C(N)=O)C(c2ccncc2)n2nc(-c3ccc(C)cc3)nc2N1. The van der Waals surface area contributed by atoms with Crippen molar-refractivity contribution in [3.8, 4) is 11.4 Å². The van der Waals surface area contributed by atoms with Crippen LogP contribution in [0.1, 0.15) is 24.1 Å². The van der Waals surface area contributed by atoms with Crippen molar-refractivity contribution in [3.63, 3.8) is 0 Å². The monoisotopic (exact) mass is 346 g/mol. The Kier molecular flexibility index (Phi) is 3.76. The summed E-state index contributed by atoms with van der Waals surface area (Å²) in [5, 5.41) is 7.80. The molecule has 0 aliphatic carbocycles. The Morgan fingerprint density at radius 2 is 1.81 bits per heavy atom. The molecule has 0 fully saturated rings. The van der Waals surface area contributed by atoms with Crippen molar-refractivity contribution in [2.75, 3.05) is 5.32 Å². The van der Waals surface area contributed by atoms with Crippen LogP contribution in [-0.2, 0) is 4.79 Å². The first kappa shape index (κ1) is 16.0. The quantitative estimate of drug-likeness (QED) is 0.759. The van der Waals surface area contributed by atoms with E-state index in [0.29, 0.717) is 23.0 Å². The molecule has 0 spiro atoms. The zero-order chi connectivity index (χ0) is 18.3. The number of pyridine rings is 1. The Labute approximate surface area is 150 Å². The number of hydrogen-bond acceptors (Lipinski definition) is 5. The second-order valence-corrected chi connectivity index (χ2v) is 6.28. The maximum Gasteiger partial charge on any atom is 0.248 e. The van der Waals surface area contributed by atoms with Crippen LogP contribution in [0.2, 0.25) is 0 Å². The minimum absolute atomic E-state index is 0.446. The van der Waals surface area contributed by atoms with Gasteiger partial charge in [0, 0.05) is 23.7 Å². The van der Waals surface area contributed by atoms with Gasteiger partial charge < -0.3 is 11.1 Å². The highest BCUT2D eigenvalue weighted by atomic mass is 16.1. The number of carbonyl (C=O) groups excluding carboxylic acids is 1. The van der Waals surface area contributed by atoms with Gasteiger partial charge in [-0.15, -0.1) is 5.10 Å². The average molecular weight is 346 g/mol. The van der Waals surface area contributed by atoms with Crippen LogP contribution in [-0.4, -0.2) is 25.7 Å². The summed E-state index contributed by atoms with van der Waals surface area (Å²) < 4.78 is 1.71. The molecule has 7 nitrogen and oxygen atoms in total. The zero-order valence-electron chi connectivity index (χ0n) is 14.5. The Hall–Kier alpha value is -3.48. The van der Waals surface area contributed by atoms with Gasteiger partial charge in [-0.1, -0.05) is 29.8 Å². The van der Waals surface area contributed by atoms with Gasteiger partial charge in [-0.05, 0) is 31.5 Å². The normalized spacial score (nSPS) is 16.2. The lowest BCUT2D eigenvalue weighted by Crippen LogP contribution is -2.31. The van der Waals surface area contributed by atoms with Crippen molar-refractivity contribution in [1.29, 1.82) is 0 Å². The fourth-order valence-corrected chi connectivity index (χ4v) is 3.15.